The highest BCUT2D eigenvalue weighted by Crippen LogP contribution is 2.28. The second-order valence-electron chi connectivity index (χ2n) is 6.36. The quantitative estimate of drug-likeness (QED) is 0.443. The van der Waals surface area contributed by atoms with Crippen molar-refractivity contribution in [3.63, 3.8) is 0 Å². The molecule has 0 aliphatic carbocycles. The Kier molecular flexibility index (Phi) is 6.07. The first kappa shape index (κ1) is 18.3. The zero-order chi connectivity index (χ0) is 15.6. The highest BCUT2D eigenvalue weighted by molar-refractivity contribution is 14.0. The van der Waals surface area contributed by atoms with Crippen molar-refractivity contribution in [2.75, 3.05) is 20.1 Å². The molecule has 0 unspecified atom stereocenters. The second-order valence-corrected chi connectivity index (χ2v) is 7.31. The van der Waals surface area contributed by atoms with Crippen molar-refractivity contribution in [3.8, 4) is 10.8 Å². The van der Waals surface area contributed by atoms with E-state index >= 15 is 0 Å². The van der Waals surface area contributed by atoms with E-state index in [0.29, 0.717) is 17.9 Å². The van der Waals surface area contributed by atoms with Gasteiger partial charge >= 0.3 is 0 Å². The first-order valence-corrected chi connectivity index (χ1v) is 8.39. The van der Waals surface area contributed by atoms with Gasteiger partial charge in [-0.1, -0.05) is 19.9 Å². The Labute approximate surface area is 158 Å². The Morgan fingerprint density at radius 3 is 2.96 bits per heavy atom. The fraction of sp³-hybridized carbons (Fsp3) is 0.500. The minimum Gasteiger partial charge on any atom is -0.443 e. The van der Waals surface area contributed by atoms with Gasteiger partial charge in [-0.15, -0.1) is 35.3 Å². The molecule has 23 heavy (non-hydrogen) atoms. The third kappa shape index (κ3) is 4.47. The molecule has 0 saturated carbocycles. The molecule has 0 atom stereocenters. The van der Waals surface area contributed by atoms with Crippen LogP contribution in [0.3, 0.4) is 0 Å². The van der Waals surface area contributed by atoms with Crippen LogP contribution in [0.2, 0.25) is 0 Å². The number of thiophene rings is 1. The molecule has 0 amide bonds. The van der Waals surface area contributed by atoms with Crippen LogP contribution in [0.5, 0.6) is 0 Å². The van der Waals surface area contributed by atoms with E-state index in [-0.39, 0.29) is 24.0 Å². The summed E-state index contributed by atoms with van der Waals surface area (Å²) in [5.74, 6) is 1.62. The maximum absolute atomic E-state index is 5.54. The molecule has 2 aromatic heterocycles. The fourth-order valence-electron chi connectivity index (χ4n) is 2.70. The summed E-state index contributed by atoms with van der Waals surface area (Å²) in [6, 6.07) is 4.01. The summed E-state index contributed by atoms with van der Waals surface area (Å²) >= 11 is 1.63. The van der Waals surface area contributed by atoms with Crippen LogP contribution >= 0.6 is 35.3 Å². The van der Waals surface area contributed by atoms with Crippen LogP contribution in [0.1, 0.15) is 26.0 Å². The first-order valence-electron chi connectivity index (χ1n) is 7.51. The van der Waals surface area contributed by atoms with E-state index in [2.05, 4.69) is 34.0 Å². The summed E-state index contributed by atoms with van der Waals surface area (Å²) in [5, 5.41) is 5.40. The van der Waals surface area contributed by atoms with Crippen LogP contribution in [-0.2, 0) is 6.54 Å². The molecule has 5 nitrogen and oxygen atoms in total. The van der Waals surface area contributed by atoms with E-state index in [1.807, 2.05) is 24.6 Å². The first-order chi connectivity index (χ1) is 10.6. The maximum Gasteiger partial charge on any atom is 0.236 e. The number of aliphatic imine (C=N–C) groups is 1. The highest BCUT2D eigenvalue weighted by Gasteiger charge is 2.30. The second kappa shape index (κ2) is 7.65. The highest BCUT2D eigenvalue weighted by atomic mass is 127. The van der Waals surface area contributed by atoms with Crippen molar-refractivity contribution in [3.05, 3.63) is 29.5 Å². The zero-order valence-electron chi connectivity index (χ0n) is 13.7. The summed E-state index contributed by atoms with van der Waals surface area (Å²) in [6.45, 7) is 7.30. The summed E-state index contributed by atoms with van der Waals surface area (Å²) in [4.78, 5) is 12.3. The predicted molar refractivity (Wildman–Crippen MR) is 105 cm³/mol. The lowest BCUT2D eigenvalue weighted by molar-refractivity contribution is 0.370. The lowest BCUT2D eigenvalue weighted by Crippen LogP contribution is -2.40. The van der Waals surface area contributed by atoms with E-state index in [9.17, 15) is 0 Å². The third-order valence-electron chi connectivity index (χ3n) is 3.90. The number of halogens is 1. The summed E-state index contributed by atoms with van der Waals surface area (Å²) in [5.41, 5.74) is 1.25. The average molecular weight is 446 g/mol. The normalized spacial score (nSPS) is 17.2. The van der Waals surface area contributed by atoms with Gasteiger partial charge in [-0.25, -0.2) is 4.98 Å². The molecule has 0 bridgehead atoms. The average Bonchev–Trinajstić information content (AvgIpc) is 3.19. The molecule has 1 fully saturated rings. The molecule has 126 valence electrons. The molecule has 0 radical (unpaired) electrons. The van der Waals surface area contributed by atoms with Crippen molar-refractivity contribution in [1.82, 2.24) is 15.2 Å². The van der Waals surface area contributed by atoms with Crippen LogP contribution in [-0.4, -0.2) is 36.0 Å². The monoisotopic (exact) mass is 446 g/mol. The molecule has 1 saturated heterocycles. The standard InChI is InChI=1S/C16H22N4OS.HI/c1-16(2)6-7-20(11-16)15(17-3)18-9-12-10-21-14(19-12)13-5-4-8-22-13;/h4-5,8,10H,6-7,9,11H2,1-3H3,(H,17,18);1H. The molecule has 3 heterocycles. The van der Waals surface area contributed by atoms with E-state index in [0.717, 1.165) is 29.6 Å². The third-order valence-corrected chi connectivity index (χ3v) is 4.76. The Morgan fingerprint density at radius 1 is 1.52 bits per heavy atom. The van der Waals surface area contributed by atoms with E-state index in [1.165, 1.54) is 6.42 Å². The maximum atomic E-state index is 5.54. The molecule has 0 spiro atoms. The largest absolute Gasteiger partial charge is 0.443 e. The molecule has 0 aromatic carbocycles. The molecule has 1 aliphatic rings. The van der Waals surface area contributed by atoms with Gasteiger partial charge in [0.05, 0.1) is 17.1 Å². The Balaban J connectivity index is 0.00000192. The minimum absolute atomic E-state index is 0. The van der Waals surface area contributed by atoms with Gasteiger partial charge in [0.25, 0.3) is 0 Å². The van der Waals surface area contributed by atoms with Crippen molar-refractivity contribution >= 4 is 41.3 Å². The smallest absolute Gasteiger partial charge is 0.236 e. The topological polar surface area (TPSA) is 53.7 Å². The Bertz CT molecular complexity index is 651. The van der Waals surface area contributed by atoms with E-state index in [4.69, 9.17) is 4.42 Å². The van der Waals surface area contributed by atoms with Crippen LogP contribution in [0.4, 0.5) is 0 Å². The molecule has 2 aromatic rings. The molecular formula is C16H23IN4OS. The minimum atomic E-state index is 0. The van der Waals surface area contributed by atoms with Gasteiger partial charge < -0.3 is 14.6 Å². The Morgan fingerprint density at radius 2 is 2.35 bits per heavy atom. The van der Waals surface area contributed by atoms with Gasteiger partial charge in [0.15, 0.2) is 5.96 Å². The van der Waals surface area contributed by atoms with Gasteiger partial charge in [-0.2, -0.15) is 0 Å². The number of aromatic nitrogens is 1. The summed E-state index contributed by atoms with van der Waals surface area (Å²) < 4.78 is 5.54. The van der Waals surface area contributed by atoms with Gasteiger partial charge in [0, 0.05) is 20.1 Å². The van der Waals surface area contributed by atoms with Crippen molar-refractivity contribution in [1.29, 1.82) is 0 Å². The SMILES string of the molecule is CN=C(NCc1coc(-c2cccs2)n1)N1CCC(C)(C)C1.I. The fourth-order valence-corrected chi connectivity index (χ4v) is 3.35. The summed E-state index contributed by atoms with van der Waals surface area (Å²) in [6.07, 6.45) is 2.91. The summed E-state index contributed by atoms with van der Waals surface area (Å²) in [7, 11) is 1.83. The number of hydrogen-bond acceptors (Lipinski definition) is 4. The lowest BCUT2D eigenvalue weighted by atomic mass is 9.93. The number of nitrogens with zero attached hydrogens (tertiary/aromatic N) is 3. The van der Waals surface area contributed by atoms with Crippen LogP contribution in [0.15, 0.2) is 33.2 Å². The number of nitrogens with one attached hydrogen (secondary N) is 1. The molecule has 1 N–H and O–H groups in total. The number of hydrogen-bond donors (Lipinski definition) is 1. The van der Waals surface area contributed by atoms with E-state index in [1.54, 1.807) is 17.6 Å². The van der Waals surface area contributed by atoms with Crippen molar-refractivity contribution in [2.45, 2.75) is 26.8 Å². The van der Waals surface area contributed by atoms with Crippen LogP contribution in [0, 0.1) is 5.41 Å². The zero-order valence-corrected chi connectivity index (χ0v) is 16.9. The van der Waals surface area contributed by atoms with Crippen molar-refractivity contribution < 1.29 is 4.42 Å². The number of oxazole rings is 1. The number of likely N-dealkylation sites (tertiary alicyclic amines) is 1. The van der Waals surface area contributed by atoms with Crippen molar-refractivity contribution in [2.24, 2.45) is 10.4 Å². The molecule has 3 rings (SSSR count). The number of guanidine groups is 1. The molecule has 7 heteroatoms. The van der Waals surface area contributed by atoms with Crippen LogP contribution < -0.4 is 5.32 Å². The Hall–Kier alpha value is -1.09. The predicted octanol–water partition coefficient (Wildman–Crippen LogP) is 3.83. The van der Waals surface area contributed by atoms with Gasteiger partial charge in [-0.05, 0) is 23.3 Å². The molecular weight excluding hydrogens is 423 g/mol. The van der Waals surface area contributed by atoms with Gasteiger partial charge in [0.1, 0.15) is 6.26 Å². The van der Waals surface area contributed by atoms with E-state index < -0.39 is 0 Å². The molecule has 1 aliphatic heterocycles. The van der Waals surface area contributed by atoms with Gasteiger partial charge in [0.2, 0.25) is 5.89 Å². The van der Waals surface area contributed by atoms with Gasteiger partial charge in [-0.3, -0.25) is 4.99 Å². The van der Waals surface area contributed by atoms with Crippen LogP contribution in [0.25, 0.3) is 10.8 Å². The lowest BCUT2D eigenvalue weighted by Gasteiger charge is -2.23. The number of rotatable bonds is 3.